The minimum Gasteiger partial charge on any atom is -0.456 e. The van der Waals surface area contributed by atoms with E-state index >= 15 is 4.79 Å². The van der Waals surface area contributed by atoms with Gasteiger partial charge in [0.1, 0.15) is 29.5 Å². The molecule has 5 aliphatic rings. The van der Waals surface area contributed by atoms with Crippen LogP contribution in [-0.4, -0.2) is 122 Å². The molecule has 4 aliphatic carbocycles. The Balaban J connectivity index is 0.00000272. The maximum atomic E-state index is 15.4. The molecule has 1 spiro atoms. The molecule has 2 aromatic rings. The molecule has 11 atom stereocenters. The van der Waals surface area contributed by atoms with Gasteiger partial charge < -0.3 is 65.9 Å². The number of carbonyl (C=O) groups excluding carboxylic acids is 6. The highest BCUT2D eigenvalue weighted by Crippen LogP contribution is 2.74. The Morgan fingerprint density at radius 2 is 1.45 bits per heavy atom. The number of esters is 4. The van der Waals surface area contributed by atoms with Crippen molar-refractivity contribution >= 4 is 35.8 Å². The van der Waals surface area contributed by atoms with Crippen molar-refractivity contribution in [1.29, 1.82) is 0 Å². The molecule has 64 heavy (non-hydrogen) atoms. The average molecular weight is 904 g/mol. The summed E-state index contributed by atoms with van der Waals surface area (Å²) in [5, 5.41) is 27.9. The molecule has 1 amide bonds. The highest BCUT2D eigenvalue weighted by Gasteiger charge is 2.84. The number of hydrogen-bond acceptors (Lipinski definition) is 14. The first-order valence-corrected chi connectivity index (χ1v) is 20.2. The van der Waals surface area contributed by atoms with E-state index in [-0.39, 0.29) is 57.6 Å². The van der Waals surface area contributed by atoms with Gasteiger partial charge in [0.15, 0.2) is 23.6 Å². The average Bonchev–Trinajstić information content (AvgIpc) is 3.90. The lowest BCUT2D eigenvalue weighted by Crippen LogP contribution is -2.78. The number of Topliss-reactive ketones (excluding diaryl/α,β-unsaturated/α-hetero) is 1. The Hall–Kier alpha value is -5.28. The summed E-state index contributed by atoms with van der Waals surface area (Å²) in [5.74, 6) is -5.65. The molecule has 1 saturated heterocycles. The van der Waals surface area contributed by atoms with E-state index in [0.29, 0.717) is 12.0 Å². The molecular weight excluding hydrogens is 842 g/mol. The molecule has 7 rings (SSSR count). The Morgan fingerprint density at radius 3 is 1.98 bits per heavy atom. The third kappa shape index (κ3) is 8.77. The van der Waals surface area contributed by atoms with Gasteiger partial charge in [-0.2, -0.15) is 0 Å². The van der Waals surface area contributed by atoms with Gasteiger partial charge in [-0.1, -0.05) is 62.4 Å². The largest absolute Gasteiger partial charge is 0.456 e. The van der Waals surface area contributed by atoms with Gasteiger partial charge in [0, 0.05) is 31.1 Å². The summed E-state index contributed by atoms with van der Waals surface area (Å²) in [6.07, 6.45) is -8.18. The van der Waals surface area contributed by atoms with Crippen molar-refractivity contribution in [1.82, 2.24) is 5.32 Å². The second kappa shape index (κ2) is 18.7. The van der Waals surface area contributed by atoms with Gasteiger partial charge in [0.2, 0.25) is 0 Å². The quantitative estimate of drug-likeness (QED) is 0.181. The van der Waals surface area contributed by atoms with Gasteiger partial charge in [-0.15, -0.1) is 0 Å². The van der Waals surface area contributed by atoms with Crippen LogP contribution in [0.25, 0.3) is 0 Å². The van der Waals surface area contributed by atoms with E-state index in [1.165, 1.54) is 19.1 Å². The zero-order valence-corrected chi connectivity index (χ0v) is 37.0. The van der Waals surface area contributed by atoms with Crippen LogP contribution >= 0.6 is 0 Å². The minimum absolute atomic E-state index is 0. The van der Waals surface area contributed by atoms with Crippen LogP contribution in [0.5, 0.6) is 0 Å². The van der Waals surface area contributed by atoms with Crippen molar-refractivity contribution < 1.29 is 89.3 Å². The van der Waals surface area contributed by atoms with Gasteiger partial charge in [0.05, 0.1) is 24.1 Å². The monoisotopic (exact) mass is 903 g/mol. The molecule has 1 aliphatic heterocycles. The van der Waals surface area contributed by atoms with Gasteiger partial charge >= 0.3 is 30.0 Å². The van der Waals surface area contributed by atoms with E-state index in [1.54, 1.807) is 90.1 Å². The lowest BCUT2D eigenvalue weighted by atomic mass is 9.48. The molecule has 0 radical (unpaired) electrons. The van der Waals surface area contributed by atoms with Crippen molar-refractivity contribution in [2.24, 2.45) is 22.7 Å². The predicted molar refractivity (Wildman–Crippen MR) is 224 cm³/mol. The SMILES string of the molecule is CC(=O)O[C@H]1C(=O)[C@]23C[C@H]2C[C@H]2OC[C@@]2(OC(C)=O)[C@H]3[C@H](OC(=O)c2ccccc2)[C@]2(O)C[C@H](OC(=O)[C@H](O)[C@@H](NC(=O)OC(C)(C)C)c3ccccc3)C(C)=C1C2(C)C.O.O.O.O. The number of aliphatic hydroxyl groups is 2. The maximum absolute atomic E-state index is 15.4. The smallest absolute Gasteiger partial charge is 0.408 e. The third-order valence-electron chi connectivity index (χ3n) is 13.2. The number of benzene rings is 2. The number of rotatable bonds is 9. The maximum Gasteiger partial charge on any atom is 0.408 e. The fraction of sp³-hybridized carbons (Fsp3) is 0.556. The first-order valence-electron chi connectivity index (χ1n) is 20.2. The fourth-order valence-corrected chi connectivity index (χ4v) is 10.4. The van der Waals surface area contributed by atoms with Crippen LogP contribution in [0.2, 0.25) is 0 Å². The van der Waals surface area contributed by atoms with Crippen LogP contribution in [0.3, 0.4) is 0 Å². The molecule has 0 aromatic heterocycles. The number of alkyl carbamates (subject to hydrolysis) is 1. The lowest BCUT2D eigenvalue weighted by Gasteiger charge is -2.64. The van der Waals surface area contributed by atoms with E-state index in [2.05, 4.69) is 5.32 Å². The standard InChI is InChI=1S/C45H53NO14.4H2O/c1-23-29(57-39(52)33(49)32(26-15-11-9-12-16-26)46-40(53)60-41(4,5)6)21-45(54)37(58-38(51)27-17-13-10-14-18-27)35-43(36(50)34(56-24(2)47)31(23)42(45,7)8)20-28(43)19-30-44(35,22-55-30)59-25(3)48;;;;/h9-18,28-30,32-35,37,49,54H,19-22H2,1-8H3,(H,46,53);4*1H2/t28-,29+,30-,32+,33-,34-,35+,37+,43-,44+,45-;;;;/m1..../s1. The molecule has 354 valence electrons. The number of nitrogens with one attached hydrogen (secondary N) is 1. The molecule has 19 nitrogen and oxygen atoms in total. The predicted octanol–water partition coefficient (Wildman–Crippen LogP) is 1.17. The number of carbonyl (C=O) groups is 6. The number of fused-ring (bicyclic) bond motifs is 4. The zero-order chi connectivity index (χ0) is 43.7. The van der Waals surface area contributed by atoms with E-state index in [0.717, 1.165) is 6.92 Å². The Kier molecular flexibility index (Phi) is 15.5. The molecule has 0 unspecified atom stereocenters. The fourth-order valence-electron chi connectivity index (χ4n) is 10.4. The van der Waals surface area contributed by atoms with E-state index in [9.17, 15) is 34.2 Å². The van der Waals surface area contributed by atoms with Crippen LogP contribution in [0.1, 0.15) is 96.6 Å². The molecule has 2 bridgehead atoms. The summed E-state index contributed by atoms with van der Waals surface area (Å²) >= 11 is 0. The first-order chi connectivity index (χ1) is 28.1. The molecule has 2 aromatic carbocycles. The Labute approximate surface area is 370 Å². The van der Waals surface area contributed by atoms with Gasteiger partial charge in [0.25, 0.3) is 0 Å². The van der Waals surface area contributed by atoms with Gasteiger partial charge in [-0.25, -0.2) is 14.4 Å². The molecule has 4 fully saturated rings. The summed E-state index contributed by atoms with van der Waals surface area (Å²) < 4.78 is 36.0. The first kappa shape index (κ1) is 53.1. The number of ketones is 1. The number of aliphatic hydroxyl groups excluding tert-OH is 1. The van der Waals surface area contributed by atoms with Crippen LogP contribution in [-0.2, 0) is 47.6 Å². The van der Waals surface area contributed by atoms with Crippen molar-refractivity contribution in [3.8, 4) is 0 Å². The van der Waals surface area contributed by atoms with E-state index in [1.807, 2.05) is 0 Å². The molecule has 11 N–H and O–H groups in total. The van der Waals surface area contributed by atoms with Crippen molar-refractivity contribution in [2.45, 2.75) is 128 Å². The minimum atomic E-state index is -2.25. The van der Waals surface area contributed by atoms with Crippen LogP contribution < -0.4 is 5.32 Å². The van der Waals surface area contributed by atoms with Crippen molar-refractivity contribution in [2.75, 3.05) is 6.61 Å². The normalized spacial score (nSPS) is 31.2. The Bertz CT molecular complexity index is 2120. The van der Waals surface area contributed by atoms with Crippen LogP contribution in [0.4, 0.5) is 4.79 Å². The summed E-state index contributed by atoms with van der Waals surface area (Å²) in [6.45, 7) is 12.0. The number of hydrogen-bond donors (Lipinski definition) is 3. The summed E-state index contributed by atoms with van der Waals surface area (Å²) in [5.41, 5.74) is -6.79. The highest BCUT2D eigenvalue weighted by atomic mass is 16.6. The van der Waals surface area contributed by atoms with Crippen molar-refractivity contribution in [3.05, 3.63) is 82.9 Å². The van der Waals surface area contributed by atoms with Crippen LogP contribution in [0.15, 0.2) is 71.8 Å². The number of ether oxygens (including phenoxy) is 6. The van der Waals surface area contributed by atoms with Crippen molar-refractivity contribution in [3.63, 3.8) is 0 Å². The lowest BCUT2D eigenvalue weighted by molar-refractivity contribution is -0.323. The van der Waals surface area contributed by atoms with Gasteiger partial charge in [-0.05, 0) is 75.3 Å². The molecule has 3 saturated carbocycles. The van der Waals surface area contributed by atoms with Gasteiger partial charge in [-0.3, -0.25) is 14.4 Å². The summed E-state index contributed by atoms with van der Waals surface area (Å²) in [4.78, 5) is 82.8. The highest BCUT2D eigenvalue weighted by molar-refractivity contribution is 5.97. The summed E-state index contributed by atoms with van der Waals surface area (Å²) in [7, 11) is 0. The number of amides is 1. The molecular formula is C45H61NO18. The van der Waals surface area contributed by atoms with Crippen LogP contribution in [0, 0.1) is 22.7 Å². The second-order valence-corrected chi connectivity index (χ2v) is 18.3. The topological polar surface area (TPSA) is 336 Å². The molecule has 1 heterocycles. The third-order valence-corrected chi connectivity index (χ3v) is 13.2. The zero-order valence-electron chi connectivity index (χ0n) is 37.0. The van der Waals surface area contributed by atoms with E-state index < -0.39 is 112 Å². The summed E-state index contributed by atoms with van der Waals surface area (Å²) in [6, 6.07) is 14.9. The van der Waals surface area contributed by atoms with E-state index in [4.69, 9.17) is 28.4 Å². The second-order valence-electron chi connectivity index (χ2n) is 18.3. The molecule has 19 heteroatoms. The Morgan fingerprint density at radius 1 is 0.859 bits per heavy atom.